The number of hydrogen-bond acceptors (Lipinski definition) is 8. The number of anilines is 2. The second kappa shape index (κ2) is 10.3. The maximum atomic E-state index is 13.1. The van der Waals surface area contributed by atoms with E-state index in [2.05, 4.69) is 5.32 Å². The molecule has 0 amide bonds. The molecule has 4 rings (SSSR count). The molecule has 1 unspecified atom stereocenters. The van der Waals surface area contributed by atoms with Crippen molar-refractivity contribution < 1.29 is 18.3 Å². The molecule has 0 aromatic heterocycles. The van der Waals surface area contributed by atoms with Gasteiger partial charge in [0.1, 0.15) is 5.69 Å². The predicted molar refractivity (Wildman–Crippen MR) is 136 cm³/mol. The number of sulfonamides is 1. The van der Waals surface area contributed by atoms with E-state index >= 15 is 0 Å². The first-order valence-electron chi connectivity index (χ1n) is 11.3. The van der Waals surface area contributed by atoms with Crippen LogP contribution >= 0.6 is 0 Å². The topological polar surface area (TPSA) is 139 Å². The van der Waals surface area contributed by atoms with E-state index in [0.29, 0.717) is 24.5 Å². The summed E-state index contributed by atoms with van der Waals surface area (Å²) in [4.78, 5) is 23.4. The maximum absolute atomic E-state index is 13.1. The summed E-state index contributed by atoms with van der Waals surface area (Å²) in [6, 6.07) is 19.5. The molecule has 188 valence electrons. The summed E-state index contributed by atoms with van der Waals surface area (Å²) in [5.74, 6) is 0. The molecule has 1 fully saturated rings. The lowest BCUT2D eigenvalue weighted by molar-refractivity contribution is -0.387. The average Bonchev–Trinajstić information content (AvgIpc) is 2.89. The minimum atomic E-state index is -4.05. The first kappa shape index (κ1) is 25.1. The lowest BCUT2D eigenvalue weighted by Gasteiger charge is -2.35. The number of benzene rings is 3. The molecule has 0 spiro atoms. The second-order valence-electron chi connectivity index (χ2n) is 8.35. The molecule has 36 heavy (non-hydrogen) atoms. The van der Waals surface area contributed by atoms with E-state index in [9.17, 15) is 28.6 Å². The van der Waals surface area contributed by atoms with E-state index < -0.39 is 25.6 Å². The molecule has 1 atom stereocenters. The average molecular weight is 512 g/mol. The van der Waals surface area contributed by atoms with Crippen LogP contribution in [-0.4, -0.2) is 48.7 Å². The minimum absolute atomic E-state index is 0.0564. The van der Waals surface area contributed by atoms with Crippen molar-refractivity contribution in [2.75, 3.05) is 36.4 Å². The van der Waals surface area contributed by atoms with E-state index in [-0.39, 0.29) is 29.7 Å². The smallest absolute Gasteiger partial charge is 0.292 e. The molecule has 3 aromatic carbocycles. The van der Waals surface area contributed by atoms with Gasteiger partial charge in [-0.1, -0.05) is 42.5 Å². The SMILES string of the molecule is CC(Nc1cc(N2CCN(S(=O)(=O)c3ccccc3[N+](=O)[O-])CC2)ccc1[N+](=O)[O-])c1ccccc1. The van der Waals surface area contributed by atoms with Gasteiger partial charge < -0.3 is 10.2 Å². The van der Waals surface area contributed by atoms with Crippen LogP contribution in [0.1, 0.15) is 18.5 Å². The van der Waals surface area contributed by atoms with E-state index in [1.165, 1.54) is 34.6 Å². The normalized spacial score (nSPS) is 15.3. The molecule has 1 N–H and O–H groups in total. The number of nitrogens with one attached hydrogen (secondary N) is 1. The minimum Gasteiger partial charge on any atom is -0.373 e. The molecular weight excluding hydrogens is 486 g/mol. The predicted octanol–water partition coefficient (Wildman–Crippen LogP) is 4.19. The molecule has 1 saturated heterocycles. The number of nitro groups is 2. The van der Waals surface area contributed by atoms with Crippen molar-refractivity contribution in [2.45, 2.75) is 17.9 Å². The molecule has 1 aliphatic rings. The Balaban J connectivity index is 1.52. The van der Waals surface area contributed by atoms with Crippen LogP contribution in [0, 0.1) is 20.2 Å². The van der Waals surface area contributed by atoms with Crippen LogP contribution in [0.4, 0.5) is 22.7 Å². The van der Waals surface area contributed by atoms with Gasteiger partial charge in [-0.3, -0.25) is 20.2 Å². The molecule has 0 saturated carbocycles. The quantitative estimate of drug-likeness (QED) is 0.351. The van der Waals surface area contributed by atoms with Crippen LogP contribution in [-0.2, 0) is 10.0 Å². The highest BCUT2D eigenvalue weighted by Crippen LogP contribution is 2.33. The third-order valence-corrected chi connectivity index (χ3v) is 8.08. The molecule has 0 bridgehead atoms. The van der Waals surface area contributed by atoms with Gasteiger partial charge in [0.25, 0.3) is 11.4 Å². The number of para-hydroxylation sites is 1. The Hall–Kier alpha value is -4.03. The highest BCUT2D eigenvalue weighted by Gasteiger charge is 2.33. The second-order valence-corrected chi connectivity index (χ2v) is 10.3. The van der Waals surface area contributed by atoms with E-state index in [1.54, 1.807) is 12.1 Å². The van der Waals surface area contributed by atoms with Gasteiger partial charge in [-0.15, -0.1) is 0 Å². The number of rotatable bonds is 8. The van der Waals surface area contributed by atoms with Crippen molar-refractivity contribution >= 4 is 32.8 Å². The summed E-state index contributed by atoms with van der Waals surface area (Å²) >= 11 is 0. The summed E-state index contributed by atoms with van der Waals surface area (Å²) in [6.45, 7) is 2.80. The molecule has 3 aromatic rings. The van der Waals surface area contributed by atoms with Crippen LogP contribution in [0.3, 0.4) is 0 Å². The number of hydrogen-bond donors (Lipinski definition) is 1. The van der Waals surface area contributed by atoms with Crippen molar-refractivity contribution in [2.24, 2.45) is 0 Å². The molecule has 0 aliphatic carbocycles. The Morgan fingerprint density at radius 3 is 2.08 bits per heavy atom. The molecule has 0 radical (unpaired) electrons. The summed E-state index contributed by atoms with van der Waals surface area (Å²) < 4.78 is 27.4. The van der Waals surface area contributed by atoms with Crippen LogP contribution in [0.15, 0.2) is 77.7 Å². The van der Waals surface area contributed by atoms with Crippen molar-refractivity contribution in [3.8, 4) is 0 Å². The third-order valence-electron chi connectivity index (χ3n) is 6.13. The highest BCUT2D eigenvalue weighted by atomic mass is 32.2. The van der Waals surface area contributed by atoms with Crippen molar-refractivity contribution in [1.29, 1.82) is 0 Å². The standard InChI is InChI=1S/C24H25N5O6S/c1-18(19-7-3-2-4-8-19)25-21-17-20(11-12-22(21)28(30)31)26-13-15-27(16-14-26)36(34,35)24-10-6-5-9-23(24)29(32)33/h2-12,17-18,25H,13-16H2,1H3. The molecule has 12 heteroatoms. The summed E-state index contributed by atoms with van der Waals surface area (Å²) in [7, 11) is -4.05. The van der Waals surface area contributed by atoms with Gasteiger partial charge in [0.05, 0.1) is 9.85 Å². The molecule has 1 heterocycles. The van der Waals surface area contributed by atoms with Crippen LogP contribution < -0.4 is 10.2 Å². The third kappa shape index (κ3) is 5.14. The number of nitro benzene ring substituents is 2. The Bertz CT molecular complexity index is 1370. The summed E-state index contributed by atoms with van der Waals surface area (Å²) in [6.07, 6.45) is 0. The van der Waals surface area contributed by atoms with Gasteiger partial charge in [0.15, 0.2) is 4.90 Å². The molecular formula is C24H25N5O6S. The van der Waals surface area contributed by atoms with Gasteiger partial charge in [-0.2, -0.15) is 4.31 Å². The fourth-order valence-electron chi connectivity index (χ4n) is 4.21. The monoisotopic (exact) mass is 511 g/mol. The lowest BCUT2D eigenvalue weighted by Crippen LogP contribution is -2.48. The first-order valence-corrected chi connectivity index (χ1v) is 12.7. The fourth-order valence-corrected chi connectivity index (χ4v) is 5.79. The Kier molecular flexibility index (Phi) is 7.17. The highest BCUT2D eigenvalue weighted by molar-refractivity contribution is 7.89. The van der Waals surface area contributed by atoms with Crippen molar-refractivity contribution in [3.05, 3.63) is 98.6 Å². The van der Waals surface area contributed by atoms with E-state index in [0.717, 1.165) is 5.56 Å². The molecule has 11 nitrogen and oxygen atoms in total. The fraction of sp³-hybridized carbons (Fsp3) is 0.250. The zero-order valence-electron chi connectivity index (χ0n) is 19.5. The van der Waals surface area contributed by atoms with E-state index in [1.807, 2.05) is 42.2 Å². The number of piperazine rings is 1. The van der Waals surface area contributed by atoms with Crippen molar-refractivity contribution in [3.63, 3.8) is 0 Å². The lowest BCUT2D eigenvalue weighted by atomic mass is 10.1. The van der Waals surface area contributed by atoms with Gasteiger partial charge in [-0.25, -0.2) is 8.42 Å². The Morgan fingerprint density at radius 2 is 1.44 bits per heavy atom. The zero-order valence-corrected chi connectivity index (χ0v) is 20.3. The Labute approximate surface area is 208 Å². The van der Waals surface area contributed by atoms with Crippen LogP contribution in [0.25, 0.3) is 0 Å². The van der Waals surface area contributed by atoms with Crippen molar-refractivity contribution in [1.82, 2.24) is 4.31 Å². The van der Waals surface area contributed by atoms with Gasteiger partial charge in [-0.05, 0) is 30.7 Å². The van der Waals surface area contributed by atoms with Gasteiger partial charge in [0, 0.05) is 50.0 Å². The first-order chi connectivity index (χ1) is 17.2. The zero-order chi connectivity index (χ0) is 25.9. The largest absolute Gasteiger partial charge is 0.373 e. The summed E-state index contributed by atoms with van der Waals surface area (Å²) in [5, 5.41) is 26.2. The van der Waals surface area contributed by atoms with Crippen LogP contribution in [0.5, 0.6) is 0 Å². The number of nitrogens with zero attached hydrogens (tertiary/aromatic N) is 4. The van der Waals surface area contributed by atoms with Gasteiger partial charge >= 0.3 is 0 Å². The maximum Gasteiger partial charge on any atom is 0.292 e. The summed E-state index contributed by atoms with van der Waals surface area (Å²) in [5.41, 5.74) is 1.54. The van der Waals surface area contributed by atoms with E-state index in [4.69, 9.17) is 0 Å². The van der Waals surface area contributed by atoms with Gasteiger partial charge in [0.2, 0.25) is 10.0 Å². The van der Waals surface area contributed by atoms with Crippen LogP contribution in [0.2, 0.25) is 0 Å². The molecule has 1 aliphatic heterocycles. The Morgan fingerprint density at radius 1 is 0.833 bits per heavy atom.